The van der Waals surface area contributed by atoms with E-state index in [9.17, 15) is 0 Å². The smallest absolute Gasteiger partial charge is 0.166 e. The van der Waals surface area contributed by atoms with Gasteiger partial charge in [0.2, 0.25) is 0 Å². The Bertz CT molecular complexity index is 4600. The fourth-order valence-electron chi connectivity index (χ4n) is 11.0. The van der Waals surface area contributed by atoms with E-state index in [0.29, 0.717) is 23.3 Å². The highest BCUT2D eigenvalue weighted by atomic mass is 32.1. The van der Waals surface area contributed by atoms with Gasteiger partial charge >= 0.3 is 0 Å². The van der Waals surface area contributed by atoms with Gasteiger partial charge < -0.3 is 9.13 Å². The highest BCUT2D eigenvalue weighted by Gasteiger charge is 2.29. The minimum atomic E-state index is 0.529. The maximum atomic E-state index is 5.44. The minimum Gasteiger partial charge on any atom is -0.307 e. The Morgan fingerprint density at radius 3 is 1.52 bits per heavy atom. The number of aromatic nitrogens is 7. The van der Waals surface area contributed by atoms with Gasteiger partial charge in [0.05, 0.1) is 39.0 Å². The summed E-state index contributed by atoms with van der Waals surface area (Å²) in [7, 11) is 0. The molecule has 0 bridgehead atoms. The van der Waals surface area contributed by atoms with E-state index in [1.165, 1.54) is 36.3 Å². The van der Waals surface area contributed by atoms with Crippen LogP contribution >= 0.6 is 11.3 Å². The summed E-state index contributed by atoms with van der Waals surface area (Å²) in [6, 6.07) is 82.9. The van der Waals surface area contributed by atoms with Gasteiger partial charge in [-0.25, -0.2) is 24.9 Å². The van der Waals surface area contributed by atoms with Crippen LogP contribution in [-0.4, -0.2) is 34.1 Å². The molecule has 0 aliphatic carbocycles. The molecule has 0 saturated heterocycles. The molecule has 8 heteroatoms. The molecule has 0 saturated carbocycles. The van der Waals surface area contributed by atoms with Gasteiger partial charge in [-0.05, 0) is 54.6 Å². The summed E-state index contributed by atoms with van der Waals surface area (Å²) in [6.45, 7) is 0. The lowest BCUT2D eigenvalue weighted by Gasteiger charge is -2.18. The maximum Gasteiger partial charge on any atom is 0.166 e. The van der Waals surface area contributed by atoms with E-state index in [0.717, 1.165) is 83.2 Å². The fraction of sp³-hybridized carbons (Fsp3) is 0. The molecule has 0 aliphatic rings. The number of thiophene rings is 1. The minimum absolute atomic E-state index is 0.529. The quantitative estimate of drug-likeness (QED) is 0.159. The third-order valence-corrected chi connectivity index (χ3v) is 15.3. The van der Waals surface area contributed by atoms with Gasteiger partial charge in [0.25, 0.3) is 0 Å². The topological polar surface area (TPSA) is 74.3 Å². The first kappa shape index (κ1) is 41.2. The van der Waals surface area contributed by atoms with Crippen molar-refractivity contribution in [2.75, 3.05) is 0 Å². The zero-order valence-corrected chi connectivity index (χ0v) is 39.9. The van der Waals surface area contributed by atoms with Crippen LogP contribution in [0.15, 0.2) is 237 Å². The summed E-state index contributed by atoms with van der Waals surface area (Å²) < 4.78 is 7.47. The van der Waals surface area contributed by atoms with Crippen LogP contribution in [0.1, 0.15) is 0 Å². The van der Waals surface area contributed by atoms with Crippen LogP contribution in [0.3, 0.4) is 0 Å². The molecule has 0 atom stereocenters. The van der Waals surface area contributed by atoms with Crippen LogP contribution in [0, 0.1) is 0 Å². The summed E-state index contributed by atoms with van der Waals surface area (Å²) in [5, 5.41) is 8.26. The molecule has 10 aromatic carbocycles. The van der Waals surface area contributed by atoms with Crippen molar-refractivity contribution in [2.45, 2.75) is 0 Å². The molecule has 340 valence electrons. The van der Waals surface area contributed by atoms with Gasteiger partial charge in [-0.15, -0.1) is 11.3 Å². The van der Waals surface area contributed by atoms with Gasteiger partial charge in [-0.1, -0.05) is 182 Å². The SMILES string of the molecule is c1ccc(-c2nc(-c3ccccc3)nc(-c3cc(-c4nc(-c5ccccc5)c5ccccc5n4)ccc3-n3c4ccccc4c4c5c6ccccc6sc5c5c6ccccc6n(-c6ccccc6)c5c43)n2)cc1. The Morgan fingerprint density at radius 2 is 0.836 bits per heavy atom. The lowest BCUT2D eigenvalue weighted by Crippen LogP contribution is -2.05. The predicted molar refractivity (Wildman–Crippen MR) is 302 cm³/mol. The van der Waals surface area contributed by atoms with Crippen molar-refractivity contribution in [3.8, 4) is 68.2 Å². The zero-order valence-electron chi connectivity index (χ0n) is 39.1. The largest absolute Gasteiger partial charge is 0.307 e. The van der Waals surface area contributed by atoms with Gasteiger partial charge in [0.1, 0.15) is 0 Å². The molecule has 0 radical (unpaired) electrons. The number of rotatable bonds is 7. The molecular weight excluding hydrogens is 911 g/mol. The van der Waals surface area contributed by atoms with Crippen molar-refractivity contribution < 1.29 is 0 Å². The van der Waals surface area contributed by atoms with Crippen molar-refractivity contribution in [3.05, 3.63) is 237 Å². The molecule has 0 spiro atoms. The van der Waals surface area contributed by atoms with Crippen molar-refractivity contribution >= 4 is 86.0 Å². The van der Waals surface area contributed by atoms with Crippen molar-refractivity contribution in [3.63, 3.8) is 0 Å². The number of fused-ring (bicyclic) bond motifs is 13. The van der Waals surface area contributed by atoms with E-state index in [4.69, 9.17) is 24.9 Å². The second-order valence-electron chi connectivity index (χ2n) is 18.3. The first-order valence-electron chi connectivity index (χ1n) is 24.4. The second-order valence-corrected chi connectivity index (χ2v) is 19.4. The Morgan fingerprint density at radius 1 is 0.329 bits per heavy atom. The molecule has 15 aromatic rings. The van der Waals surface area contributed by atoms with E-state index in [1.807, 2.05) is 65.9 Å². The van der Waals surface area contributed by atoms with Crippen LogP contribution in [-0.2, 0) is 0 Å². The first-order chi connectivity index (χ1) is 36.2. The number of nitrogens with zero attached hydrogens (tertiary/aromatic N) is 7. The average molecular weight is 950 g/mol. The molecular formula is C65H39N7S. The van der Waals surface area contributed by atoms with E-state index >= 15 is 0 Å². The van der Waals surface area contributed by atoms with E-state index in [2.05, 4.69) is 191 Å². The number of hydrogen-bond donors (Lipinski definition) is 0. The summed E-state index contributed by atoms with van der Waals surface area (Å²) in [5.41, 5.74) is 12.6. The van der Waals surface area contributed by atoms with Crippen LogP contribution in [0.4, 0.5) is 0 Å². The lowest BCUT2D eigenvalue weighted by molar-refractivity contribution is 1.06. The Hall–Kier alpha value is -9.63. The third kappa shape index (κ3) is 6.47. The van der Waals surface area contributed by atoms with Gasteiger partial charge in [0, 0.05) is 80.6 Å². The van der Waals surface area contributed by atoms with E-state index in [-0.39, 0.29) is 0 Å². The standard InChI is InChI=1S/C65H39N7S/c1-5-21-40(22-6-1)58-45-29-13-17-33-50(45)66-64(67-58)43-37-38-53(49(39-43)65-69-62(41-23-7-2-8-24-41)68-63(70-65)42-25-9-3-10-26-42)72-52-35-19-14-30-46(52)55-56-48-32-16-20-36-54(48)73-61(56)57-47-31-15-18-34-51(47)71(60(57)59(55)72)44-27-11-4-12-28-44/h1-39H. The van der Waals surface area contributed by atoms with Crippen LogP contribution in [0.5, 0.6) is 0 Å². The third-order valence-electron chi connectivity index (χ3n) is 14.1. The Labute approximate surface area is 422 Å². The predicted octanol–water partition coefficient (Wildman–Crippen LogP) is 16.7. The van der Waals surface area contributed by atoms with Crippen LogP contribution in [0.25, 0.3) is 143 Å². The summed E-state index contributed by atoms with van der Waals surface area (Å²) >= 11 is 1.88. The van der Waals surface area contributed by atoms with Gasteiger partial charge in [-0.3, -0.25) is 0 Å². The molecule has 0 aliphatic heterocycles. The van der Waals surface area contributed by atoms with Crippen LogP contribution < -0.4 is 0 Å². The summed E-state index contributed by atoms with van der Waals surface area (Å²) in [5.74, 6) is 2.29. The van der Waals surface area contributed by atoms with Gasteiger partial charge in [-0.2, -0.15) is 0 Å². The molecule has 0 unspecified atom stereocenters. The average Bonchev–Trinajstić information content (AvgIpc) is 4.22. The molecule has 5 aromatic heterocycles. The Kier molecular flexibility index (Phi) is 9.30. The van der Waals surface area contributed by atoms with Crippen LogP contribution in [0.2, 0.25) is 0 Å². The van der Waals surface area contributed by atoms with Gasteiger partial charge in [0.15, 0.2) is 23.3 Å². The summed E-state index contributed by atoms with van der Waals surface area (Å²) in [6.07, 6.45) is 0. The highest BCUT2D eigenvalue weighted by Crippen LogP contribution is 2.52. The highest BCUT2D eigenvalue weighted by molar-refractivity contribution is 7.27. The molecule has 0 amide bonds. The first-order valence-corrected chi connectivity index (χ1v) is 25.2. The van der Waals surface area contributed by atoms with Crippen molar-refractivity contribution in [1.82, 2.24) is 34.1 Å². The van der Waals surface area contributed by atoms with Crippen molar-refractivity contribution in [1.29, 1.82) is 0 Å². The molecule has 73 heavy (non-hydrogen) atoms. The molecule has 0 N–H and O–H groups in total. The molecule has 0 fully saturated rings. The number of hydrogen-bond acceptors (Lipinski definition) is 6. The lowest BCUT2D eigenvalue weighted by atomic mass is 10.0. The molecule has 15 rings (SSSR count). The fourth-order valence-corrected chi connectivity index (χ4v) is 12.2. The molecule has 5 heterocycles. The van der Waals surface area contributed by atoms with E-state index < -0.39 is 0 Å². The number of benzene rings is 10. The zero-order chi connectivity index (χ0) is 48.0. The number of para-hydroxylation sites is 4. The second kappa shape index (κ2) is 16.5. The maximum absolute atomic E-state index is 5.44. The monoisotopic (exact) mass is 949 g/mol. The van der Waals surface area contributed by atoms with E-state index in [1.54, 1.807) is 0 Å². The van der Waals surface area contributed by atoms with Crippen molar-refractivity contribution in [2.24, 2.45) is 0 Å². The Balaban J connectivity index is 1.13. The molecule has 7 nitrogen and oxygen atoms in total. The summed E-state index contributed by atoms with van der Waals surface area (Å²) in [4.78, 5) is 26.7. The normalized spacial score (nSPS) is 11.8.